The molecule has 0 saturated carbocycles. The monoisotopic (exact) mass is 306 g/mol. The molecule has 120 valence electrons. The van der Waals surface area contributed by atoms with Crippen molar-refractivity contribution in [2.45, 2.75) is 6.42 Å². The van der Waals surface area contributed by atoms with Crippen LogP contribution in [0.15, 0.2) is 18.2 Å². The Bertz CT molecular complexity index is 529. The van der Waals surface area contributed by atoms with Crippen LogP contribution in [0.5, 0.6) is 11.5 Å². The number of carbonyl (C=O) groups is 1. The summed E-state index contributed by atoms with van der Waals surface area (Å²) >= 11 is 0. The number of fused-ring (bicyclic) bond motifs is 1. The van der Waals surface area contributed by atoms with Gasteiger partial charge in [-0.2, -0.15) is 0 Å². The van der Waals surface area contributed by atoms with Gasteiger partial charge in [-0.15, -0.1) is 0 Å². The molecule has 1 fully saturated rings. The molecule has 1 saturated heterocycles. The van der Waals surface area contributed by atoms with Crippen molar-refractivity contribution in [2.75, 3.05) is 46.6 Å². The zero-order valence-corrected chi connectivity index (χ0v) is 12.8. The first-order valence-electron chi connectivity index (χ1n) is 7.66. The summed E-state index contributed by atoms with van der Waals surface area (Å²) in [4.78, 5) is 13.9. The summed E-state index contributed by atoms with van der Waals surface area (Å²) in [5, 5.41) is 3.00. The van der Waals surface area contributed by atoms with Gasteiger partial charge in [-0.25, -0.2) is 4.79 Å². The van der Waals surface area contributed by atoms with Crippen LogP contribution in [-0.2, 0) is 11.2 Å². The summed E-state index contributed by atoms with van der Waals surface area (Å²) in [5.74, 6) is 1.99. The van der Waals surface area contributed by atoms with Gasteiger partial charge in [0.05, 0.1) is 26.9 Å². The van der Waals surface area contributed by atoms with Crippen molar-refractivity contribution < 1.29 is 19.0 Å². The summed E-state index contributed by atoms with van der Waals surface area (Å²) in [7, 11) is 1.65. The lowest BCUT2D eigenvalue weighted by Crippen LogP contribution is -2.48. The molecule has 1 aromatic rings. The van der Waals surface area contributed by atoms with Gasteiger partial charge >= 0.3 is 6.03 Å². The van der Waals surface area contributed by atoms with Crippen LogP contribution in [0, 0.1) is 5.92 Å². The number of urea groups is 1. The van der Waals surface area contributed by atoms with E-state index < -0.39 is 0 Å². The molecule has 6 heteroatoms. The molecule has 0 aromatic heterocycles. The Morgan fingerprint density at radius 1 is 1.41 bits per heavy atom. The van der Waals surface area contributed by atoms with Gasteiger partial charge in [-0.3, -0.25) is 0 Å². The molecule has 22 heavy (non-hydrogen) atoms. The number of ether oxygens (including phenoxy) is 3. The lowest BCUT2D eigenvalue weighted by Gasteiger charge is -2.29. The number of nitrogens with one attached hydrogen (secondary N) is 1. The highest BCUT2D eigenvalue weighted by Gasteiger charge is 2.22. The molecule has 2 heterocycles. The summed E-state index contributed by atoms with van der Waals surface area (Å²) in [5.41, 5.74) is 1.16. The molecular weight excluding hydrogens is 284 g/mol. The standard InChI is InChI=1S/C16H22N2O4/c1-20-14-3-2-13-8-12(11-22-15(13)9-14)10-17-16(19)18-4-6-21-7-5-18/h2-3,9,12H,4-8,10-11H2,1H3,(H,17,19). The molecule has 6 nitrogen and oxygen atoms in total. The van der Waals surface area contributed by atoms with Crippen LogP contribution >= 0.6 is 0 Å². The Morgan fingerprint density at radius 3 is 3.00 bits per heavy atom. The Morgan fingerprint density at radius 2 is 2.23 bits per heavy atom. The van der Waals surface area contributed by atoms with Crippen molar-refractivity contribution in [3.63, 3.8) is 0 Å². The zero-order valence-electron chi connectivity index (χ0n) is 12.8. The highest BCUT2D eigenvalue weighted by molar-refractivity contribution is 5.74. The molecule has 0 aliphatic carbocycles. The summed E-state index contributed by atoms with van der Waals surface area (Å²) < 4.78 is 16.2. The molecule has 1 aromatic carbocycles. The Hall–Kier alpha value is -1.95. The van der Waals surface area contributed by atoms with Crippen LogP contribution in [0.1, 0.15) is 5.56 Å². The normalized spacial score (nSPS) is 20.8. The molecule has 3 rings (SSSR count). The van der Waals surface area contributed by atoms with Crippen molar-refractivity contribution in [1.82, 2.24) is 10.2 Å². The summed E-state index contributed by atoms with van der Waals surface area (Å²) in [6, 6.07) is 5.88. The highest BCUT2D eigenvalue weighted by atomic mass is 16.5. The Kier molecular flexibility index (Phi) is 4.68. The van der Waals surface area contributed by atoms with Crippen LogP contribution in [0.3, 0.4) is 0 Å². The first kappa shape index (κ1) is 15.0. The van der Waals surface area contributed by atoms with E-state index in [1.54, 1.807) is 12.0 Å². The van der Waals surface area contributed by atoms with Crippen LogP contribution in [-0.4, -0.2) is 57.5 Å². The number of hydrogen-bond acceptors (Lipinski definition) is 4. The molecule has 2 amide bonds. The van der Waals surface area contributed by atoms with Gasteiger partial charge in [-0.1, -0.05) is 6.07 Å². The lowest BCUT2D eigenvalue weighted by molar-refractivity contribution is 0.0527. The average molecular weight is 306 g/mol. The maximum atomic E-state index is 12.1. The molecule has 1 unspecified atom stereocenters. The predicted octanol–water partition coefficient (Wildman–Crippen LogP) is 1.29. The number of methoxy groups -OCH3 is 1. The SMILES string of the molecule is COc1ccc2c(c1)OCC(CNC(=O)N1CCOCC1)C2. The van der Waals surface area contributed by atoms with Crippen molar-refractivity contribution in [3.8, 4) is 11.5 Å². The van der Waals surface area contributed by atoms with Crippen LogP contribution in [0.2, 0.25) is 0 Å². The first-order valence-corrected chi connectivity index (χ1v) is 7.66. The van der Waals surface area contributed by atoms with E-state index in [0.717, 1.165) is 23.5 Å². The number of nitrogens with zero attached hydrogens (tertiary/aromatic N) is 1. The number of amides is 2. The van der Waals surface area contributed by atoms with Gasteiger partial charge in [0.25, 0.3) is 0 Å². The molecule has 1 atom stereocenters. The number of rotatable bonds is 3. The largest absolute Gasteiger partial charge is 0.497 e. The van der Waals surface area contributed by atoms with Gasteiger partial charge < -0.3 is 24.4 Å². The second-order valence-electron chi connectivity index (χ2n) is 5.64. The fraction of sp³-hybridized carbons (Fsp3) is 0.562. The fourth-order valence-electron chi connectivity index (χ4n) is 2.78. The van der Waals surface area contributed by atoms with Crippen LogP contribution in [0.4, 0.5) is 4.79 Å². The minimum absolute atomic E-state index is 0.0103. The molecule has 1 N–H and O–H groups in total. The number of benzene rings is 1. The third kappa shape index (κ3) is 3.44. The molecule has 0 spiro atoms. The molecule has 0 radical (unpaired) electrons. The Balaban J connectivity index is 1.51. The summed E-state index contributed by atoms with van der Waals surface area (Å²) in [6.45, 7) is 3.81. The smallest absolute Gasteiger partial charge is 0.317 e. The van der Waals surface area contributed by atoms with E-state index in [2.05, 4.69) is 5.32 Å². The van der Waals surface area contributed by atoms with Crippen LogP contribution in [0.25, 0.3) is 0 Å². The predicted molar refractivity (Wildman–Crippen MR) is 81.5 cm³/mol. The summed E-state index contributed by atoms with van der Waals surface area (Å²) in [6.07, 6.45) is 0.905. The van der Waals surface area contributed by atoms with E-state index in [1.807, 2.05) is 18.2 Å². The van der Waals surface area contributed by atoms with Gasteiger partial charge in [0, 0.05) is 31.6 Å². The molecular formula is C16H22N2O4. The van der Waals surface area contributed by atoms with Gasteiger partial charge in [0.1, 0.15) is 11.5 Å². The number of morpholine rings is 1. The molecule has 0 bridgehead atoms. The fourth-order valence-corrected chi connectivity index (χ4v) is 2.78. The second-order valence-corrected chi connectivity index (χ2v) is 5.64. The second kappa shape index (κ2) is 6.87. The zero-order chi connectivity index (χ0) is 15.4. The minimum atomic E-state index is -0.0103. The maximum Gasteiger partial charge on any atom is 0.317 e. The van der Waals surface area contributed by atoms with Gasteiger partial charge in [0.2, 0.25) is 0 Å². The average Bonchev–Trinajstić information content (AvgIpc) is 2.59. The molecule has 2 aliphatic rings. The first-order chi connectivity index (χ1) is 10.8. The number of carbonyl (C=O) groups excluding carboxylic acids is 1. The van der Waals surface area contributed by atoms with Gasteiger partial charge in [-0.05, 0) is 18.1 Å². The van der Waals surface area contributed by atoms with E-state index in [0.29, 0.717) is 45.4 Å². The van der Waals surface area contributed by atoms with Crippen molar-refractivity contribution in [1.29, 1.82) is 0 Å². The van der Waals surface area contributed by atoms with E-state index in [1.165, 1.54) is 0 Å². The van der Waals surface area contributed by atoms with Crippen LogP contribution < -0.4 is 14.8 Å². The van der Waals surface area contributed by atoms with Crippen molar-refractivity contribution >= 4 is 6.03 Å². The topological polar surface area (TPSA) is 60.0 Å². The van der Waals surface area contributed by atoms with Crippen molar-refractivity contribution in [2.24, 2.45) is 5.92 Å². The number of hydrogen-bond donors (Lipinski definition) is 1. The lowest BCUT2D eigenvalue weighted by atomic mass is 9.96. The third-order valence-corrected chi connectivity index (χ3v) is 4.10. The van der Waals surface area contributed by atoms with E-state index in [4.69, 9.17) is 14.2 Å². The third-order valence-electron chi connectivity index (χ3n) is 4.10. The quantitative estimate of drug-likeness (QED) is 0.914. The van der Waals surface area contributed by atoms with Gasteiger partial charge in [0.15, 0.2) is 0 Å². The van der Waals surface area contributed by atoms with E-state index >= 15 is 0 Å². The van der Waals surface area contributed by atoms with Crippen molar-refractivity contribution in [3.05, 3.63) is 23.8 Å². The van der Waals surface area contributed by atoms with E-state index in [-0.39, 0.29) is 6.03 Å². The maximum absolute atomic E-state index is 12.1. The van der Waals surface area contributed by atoms with E-state index in [9.17, 15) is 4.79 Å². The highest BCUT2D eigenvalue weighted by Crippen LogP contribution is 2.30. The molecule has 2 aliphatic heterocycles. The minimum Gasteiger partial charge on any atom is -0.497 e. The Labute approximate surface area is 130 Å².